The molecule has 1 N–H and O–H groups in total. The van der Waals surface area contributed by atoms with Gasteiger partial charge in [0.05, 0.1) is 0 Å². The molecule has 4 aliphatic rings. The Kier molecular flexibility index (Phi) is 5.06. The molecule has 0 saturated carbocycles. The van der Waals surface area contributed by atoms with Crippen LogP contribution in [0.25, 0.3) is 0 Å². The van der Waals surface area contributed by atoms with E-state index in [1.807, 2.05) is 12.3 Å². The van der Waals surface area contributed by atoms with Gasteiger partial charge in [0.2, 0.25) is 5.91 Å². The third kappa shape index (κ3) is 3.57. The topological polar surface area (TPSA) is 65.5 Å². The molecule has 0 radical (unpaired) electrons. The van der Waals surface area contributed by atoms with E-state index in [4.69, 9.17) is 0 Å². The summed E-state index contributed by atoms with van der Waals surface area (Å²) in [7, 11) is 0. The molecule has 2 fully saturated rings. The van der Waals surface area contributed by atoms with Gasteiger partial charge in [0, 0.05) is 35.7 Å². The van der Waals surface area contributed by atoms with Crippen molar-refractivity contribution in [2.24, 2.45) is 0 Å². The fraction of sp³-hybridized carbons (Fsp3) is 0.444. The van der Waals surface area contributed by atoms with E-state index in [2.05, 4.69) is 46.0 Å². The summed E-state index contributed by atoms with van der Waals surface area (Å²) in [6.07, 6.45) is 7.81. The van der Waals surface area contributed by atoms with Crippen molar-refractivity contribution in [2.45, 2.75) is 63.1 Å². The summed E-state index contributed by atoms with van der Waals surface area (Å²) in [5, 5.41) is 2.81. The Morgan fingerprint density at radius 3 is 2.64 bits per heavy atom. The molecular weight excluding hydrogens is 412 g/mol. The Hall–Kier alpha value is -2.99. The maximum Gasteiger partial charge on any atom is 0.255 e. The summed E-state index contributed by atoms with van der Waals surface area (Å²) < 4.78 is 0. The zero-order chi connectivity index (χ0) is 22.5. The number of piperidine rings is 2. The first kappa shape index (κ1) is 20.6. The Labute approximate surface area is 194 Å². The zero-order valence-corrected chi connectivity index (χ0v) is 18.9. The average Bonchev–Trinajstić information content (AvgIpc) is 3.40. The first-order chi connectivity index (χ1) is 16.1. The standard InChI is InChI=1S/C27H30N4O2/c1-17-4-8-25(26(32)29-17)31-16-20-15-19(5-6-21(20)27(31)33)18-10-13-30(14-11-18)24-9-7-23-22(24)3-2-12-28-23/h2-3,5-6,12,15,18,24-25H,1,4,7-11,13-14,16H2,(H,29,32). The molecule has 2 amide bonds. The van der Waals surface area contributed by atoms with Crippen LogP contribution in [0.1, 0.15) is 76.8 Å². The van der Waals surface area contributed by atoms with Crippen LogP contribution in [0.15, 0.2) is 48.8 Å². The maximum atomic E-state index is 13.0. The minimum Gasteiger partial charge on any atom is -0.329 e. The molecule has 2 unspecified atom stereocenters. The van der Waals surface area contributed by atoms with Gasteiger partial charge in [-0.25, -0.2) is 0 Å². The van der Waals surface area contributed by atoms with Crippen LogP contribution < -0.4 is 5.32 Å². The number of benzene rings is 1. The van der Waals surface area contributed by atoms with Crippen LogP contribution >= 0.6 is 0 Å². The highest BCUT2D eigenvalue weighted by atomic mass is 16.2. The molecular formula is C27H30N4O2. The van der Waals surface area contributed by atoms with Crippen molar-refractivity contribution in [2.75, 3.05) is 13.1 Å². The second-order valence-corrected chi connectivity index (χ2v) is 9.90. The summed E-state index contributed by atoms with van der Waals surface area (Å²) >= 11 is 0. The predicted molar refractivity (Wildman–Crippen MR) is 125 cm³/mol. The number of pyridine rings is 1. The van der Waals surface area contributed by atoms with Crippen LogP contribution in [0.3, 0.4) is 0 Å². The van der Waals surface area contributed by atoms with Gasteiger partial charge in [-0.3, -0.25) is 19.5 Å². The quantitative estimate of drug-likeness (QED) is 0.787. The van der Waals surface area contributed by atoms with Crippen molar-refractivity contribution in [3.63, 3.8) is 0 Å². The molecule has 6 nitrogen and oxygen atoms in total. The number of likely N-dealkylation sites (tertiary alicyclic amines) is 1. The van der Waals surface area contributed by atoms with Gasteiger partial charge in [0.25, 0.3) is 5.91 Å². The van der Waals surface area contributed by atoms with Crippen LogP contribution in [-0.2, 0) is 17.8 Å². The molecule has 2 atom stereocenters. The highest BCUT2D eigenvalue weighted by Crippen LogP contribution is 2.39. The number of carbonyl (C=O) groups excluding carboxylic acids is 2. The number of aryl methyl sites for hydroxylation is 1. The summed E-state index contributed by atoms with van der Waals surface area (Å²) in [6, 6.07) is 10.8. The van der Waals surface area contributed by atoms with Crippen molar-refractivity contribution in [1.82, 2.24) is 20.1 Å². The fourth-order valence-corrected chi connectivity index (χ4v) is 6.24. The molecule has 2 aromatic rings. The van der Waals surface area contributed by atoms with Gasteiger partial charge >= 0.3 is 0 Å². The summed E-state index contributed by atoms with van der Waals surface area (Å²) in [5.74, 6) is 0.392. The van der Waals surface area contributed by atoms with E-state index in [-0.39, 0.29) is 11.8 Å². The Morgan fingerprint density at radius 1 is 1.00 bits per heavy atom. The van der Waals surface area contributed by atoms with E-state index < -0.39 is 6.04 Å². The zero-order valence-electron chi connectivity index (χ0n) is 18.9. The lowest BCUT2D eigenvalue weighted by molar-refractivity contribution is -0.126. The van der Waals surface area contributed by atoms with Crippen molar-refractivity contribution in [1.29, 1.82) is 0 Å². The van der Waals surface area contributed by atoms with E-state index >= 15 is 0 Å². The monoisotopic (exact) mass is 442 g/mol. The summed E-state index contributed by atoms with van der Waals surface area (Å²) in [5.41, 5.74) is 6.58. The Morgan fingerprint density at radius 2 is 1.82 bits per heavy atom. The molecule has 1 aliphatic carbocycles. The summed E-state index contributed by atoms with van der Waals surface area (Å²) in [4.78, 5) is 34.4. The van der Waals surface area contributed by atoms with Crippen LogP contribution in [0, 0.1) is 0 Å². The molecule has 3 aliphatic heterocycles. The van der Waals surface area contributed by atoms with E-state index in [0.717, 1.165) is 55.6 Å². The minimum atomic E-state index is -0.397. The van der Waals surface area contributed by atoms with Crippen LogP contribution in [0.4, 0.5) is 0 Å². The number of allylic oxidation sites excluding steroid dienone is 1. The molecule has 6 heteroatoms. The lowest BCUT2D eigenvalue weighted by Gasteiger charge is -2.36. The second-order valence-electron chi connectivity index (χ2n) is 9.90. The number of amides is 2. The van der Waals surface area contributed by atoms with Gasteiger partial charge < -0.3 is 10.2 Å². The third-order valence-electron chi connectivity index (χ3n) is 8.04. The van der Waals surface area contributed by atoms with E-state index in [1.54, 1.807) is 4.90 Å². The molecule has 1 aromatic carbocycles. The number of hydrogen-bond acceptors (Lipinski definition) is 4. The Bertz CT molecular complexity index is 1130. The molecule has 170 valence electrons. The summed E-state index contributed by atoms with van der Waals surface area (Å²) in [6.45, 7) is 6.56. The second kappa shape index (κ2) is 8.10. The number of carbonyl (C=O) groups is 2. The third-order valence-corrected chi connectivity index (χ3v) is 8.04. The van der Waals surface area contributed by atoms with Crippen molar-refractivity contribution in [3.8, 4) is 0 Å². The minimum absolute atomic E-state index is 0.0208. The van der Waals surface area contributed by atoms with Crippen molar-refractivity contribution < 1.29 is 9.59 Å². The number of hydrogen-bond donors (Lipinski definition) is 1. The van der Waals surface area contributed by atoms with E-state index in [1.165, 1.54) is 23.2 Å². The van der Waals surface area contributed by atoms with Crippen molar-refractivity contribution >= 4 is 11.8 Å². The van der Waals surface area contributed by atoms with Gasteiger partial charge in [-0.15, -0.1) is 0 Å². The number of aromatic nitrogens is 1. The highest BCUT2D eigenvalue weighted by molar-refractivity contribution is 6.01. The lowest BCUT2D eigenvalue weighted by atomic mass is 9.87. The number of fused-ring (bicyclic) bond motifs is 2. The van der Waals surface area contributed by atoms with E-state index in [9.17, 15) is 9.59 Å². The average molecular weight is 443 g/mol. The molecule has 2 saturated heterocycles. The van der Waals surface area contributed by atoms with Crippen LogP contribution in [0.2, 0.25) is 0 Å². The molecule has 1 aromatic heterocycles. The normalized spacial score (nSPS) is 25.8. The number of nitrogens with zero attached hydrogens (tertiary/aromatic N) is 3. The van der Waals surface area contributed by atoms with Gasteiger partial charge in [-0.05, 0) is 86.4 Å². The molecule has 33 heavy (non-hydrogen) atoms. The Balaban J connectivity index is 1.13. The predicted octanol–water partition coefficient (Wildman–Crippen LogP) is 3.70. The molecule has 4 heterocycles. The van der Waals surface area contributed by atoms with Gasteiger partial charge in [-0.2, -0.15) is 0 Å². The van der Waals surface area contributed by atoms with Crippen molar-refractivity contribution in [3.05, 3.63) is 76.8 Å². The SMILES string of the molecule is C=C1CCC(N2Cc3cc(C4CCN(C5CCc6ncccc65)CC4)ccc3C2=O)C(=O)N1. The highest BCUT2D eigenvalue weighted by Gasteiger charge is 2.38. The van der Waals surface area contributed by atoms with Gasteiger partial charge in [-0.1, -0.05) is 24.8 Å². The maximum absolute atomic E-state index is 13.0. The number of nitrogens with one attached hydrogen (secondary N) is 1. The van der Waals surface area contributed by atoms with Crippen LogP contribution in [-0.4, -0.2) is 45.7 Å². The van der Waals surface area contributed by atoms with Gasteiger partial charge in [0.1, 0.15) is 6.04 Å². The molecule has 0 bridgehead atoms. The van der Waals surface area contributed by atoms with E-state index in [0.29, 0.717) is 24.9 Å². The smallest absolute Gasteiger partial charge is 0.255 e. The lowest BCUT2D eigenvalue weighted by Crippen LogP contribution is -2.49. The largest absolute Gasteiger partial charge is 0.329 e. The fourth-order valence-electron chi connectivity index (χ4n) is 6.24. The molecule has 6 rings (SSSR count). The molecule has 0 spiro atoms. The number of rotatable bonds is 3. The first-order valence-corrected chi connectivity index (χ1v) is 12.2. The van der Waals surface area contributed by atoms with Crippen LogP contribution in [0.5, 0.6) is 0 Å². The first-order valence-electron chi connectivity index (χ1n) is 12.2. The van der Waals surface area contributed by atoms with Gasteiger partial charge in [0.15, 0.2) is 0 Å².